The van der Waals surface area contributed by atoms with Crippen molar-refractivity contribution in [3.63, 3.8) is 0 Å². The zero-order chi connectivity index (χ0) is 20.6. The third-order valence-electron chi connectivity index (χ3n) is 4.75. The second-order valence-corrected chi connectivity index (χ2v) is 7.61. The topological polar surface area (TPSA) is 53.5 Å². The lowest BCUT2D eigenvalue weighted by molar-refractivity contribution is 0.311. The highest BCUT2D eigenvalue weighted by atomic mass is 16.5. The molecule has 0 aliphatic rings. The van der Waals surface area contributed by atoms with Crippen molar-refractivity contribution >= 4 is 16.7 Å². The maximum Gasteiger partial charge on any atom is 0.145 e. The van der Waals surface area contributed by atoms with E-state index >= 15 is 0 Å². The van der Waals surface area contributed by atoms with Crippen LogP contribution in [0.15, 0.2) is 48.5 Å². The quantitative estimate of drug-likeness (QED) is 0.531. The Morgan fingerprint density at radius 3 is 2.41 bits per heavy atom. The van der Waals surface area contributed by atoms with Crippen molar-refractivity contribution in [1.29, 1.82) is 0 Å². The Morgan fingerprint density at radius 1 is 0.931 bits per heavy atom. The van der Waals surface area contributed by atoms with Crippen molar-refractivity contribution in [3.05, 3.63) is 59.9 Å². The normalized spacial score (nSPS) is 11.4. The second kappa shape index (κ2) is 10.2. The molecule has 154 valence electrons. The van der Waals surface area contributed by atoms with Crippen molar-refractivity contribution in [3.8, 4) is 5.75 Å². The average molecular weight is 394 g/mol. The van der Waals surface area contributed by atoms with Gasteiger partial charge in [-0.15, -0.1) is 0 Å². The van der Waals surface area contributed by atoms with Gasteiger partial charge in [-0.3, -0.25) is 4.90 Å². The number of hydrogen-bond donors (Lipinski definition) is 1. The minimum atomic E-state index is 0.684. The summed E-state index contributed by atoms with van der Waals surface area (Å²) in [6.07, 6.45) is 1.07. The van der Waals surface area contributed by atoms with Crippen LogP contribution in [0, 0.1) is 0 Å². The van der Waals surface area contributed by atoms with Gasteiger partial charge in [0.1, 0.15) is 17.4 Å². The number of ether oxygens (including phenoxy) is 1. The fraction of sp³-hybridized carbons (Fsp3) is 0.391. The summed E-state index contributed by atoms with van der Waals surface area (Å²) in [6, 6.07) is 16.4. The molecule has 1 aromatic heterocycles. The lowest BCUT2D eigenvalue weighted by Gasteiger charge is -2.18. The van der Waals surface area contributed by atoms with Gasteiger partial charge in [-0.05, 0) is 63.9 Å². The van der Waals surface area contributed by atoms with Crippen LogP contribution >= 0.6 is 0 Å². The second-order valence-electron chi connectivity index (χ2n) is 7.61. The smallest absolute Gasteiger partial charge is 0.145 e. The maximum atomic E-state index is 5.23. The van der Waals surface area contributed by atoms with Gasteiger partial charge in [0.05, 0.1) is 19.2 Å². The molecule has 0 atom stereocenters. The van der Waals surface area contributed by atoms with Gasteiger partial charge in [-0.2, -0.15) is 0 Å². The van der Waals surface area contributed by atoms with E-state index in [0.29, 0.717) is 6.54 Å². The molecule has 0 spiro atoms. The number of fused-ring (bicyclic) bond motifs is 1. The third-order valence-corrected chi connectivity index (χ3v) is 4.75. The molecular weight excluding hydrogens is 362 g/mol. The van der Waals surface area contributed by atoms with E-state index in [-0.39, 0.29) is 0 Å². The molecule has 1 N–H and O–H groups in total. The van der Waals surface area contributed by atoms with Crippen LogP contribution in [0.5, 0.6) is 5.75 Å². The molecule has 6 heteroatoms. The molecule has 0 saturated carbocycles. The van der Waals surface area contributed by atoms with Crippen LogP contribution in [-0.4, -0.2) is 61.1 Å². The predicted octanol–water partition coefficient (Wildman–Crippen LogP) is 3.63. The van der Waals surface area contributed by atoms with E-state index in [1.807, 2.05) is 24.3 Å². The van der Waals surface area contributed by atoms with Gasteiger partial charge in [-0.1, -0.05) is 24.3 Å². The van der Waals surface area contributed by atoms with E-state index in [1.54, 1.807) is 7.11 Å². The molecule has 0 amide bonds. The molecule has 29 heavy (non-hydrogen) atoms. The summed E-state index contributed by atoms with van der Waals surface area (Å²) in [4.78, 5) is 14.0. The number of methoxy groups -OCH3 is 1. The summed E-state index contributed by atoms with van der Waals surface area (Å²) >= 11 is 0. The first kappa shape index (κ1) is 21.0. The Hall–Kier alpha value is -2.70. The van der Waals surface area contributed by atoms with Crippen LogP contribution in [0.4, 0.5) is 5.82 Å². The molecule has 0 unspecified atom stereocenters. The van der Waals surface area contributed by atoms with Crippen LogP contribution in [0.25, 0.3) is 10.9 Å². The van der Waals surface area contributed by atoms with Gasteiger partial charge >= 0.3 is 0 Å². The number of benzene rings is 2. The van der Waals surface area contributed by atoms with E-state index in [4.69, 9.17) is 14.7 Å². The number of nitrogens with zero attached hydrogens (tertiary/aromatic N) is 4. The van der Waals surface area contributed by atoms with Gasteiger partial charge in [0.2, 0.25) is 0 Å². The SMILES string of the molecule is COc1ccc(CN(C)Cc2nc(NCCCN(C)C)c3ccccc3n2)cc1. The lowest BCUT2D eigenvalue weighted by Crippen LogP contribution is -2.20. The summed E-state index contributed by atoms with van der Waals surface area (Å²) in [5, 5.41) is 4.58. The van der Waals surface area contributed by atoms with Crippen molar-refractivity contribution in [1.82, 2.24) is 19.8 Å². The van der Waals surface area contributed by atoms with Gasteiger partial charge in [0.25, 0.3) is 0 Å². The monoisotopic (exact) mass is 393 g/mol. The highest BCUT2D eigenvalue weighted by Crippen LogP contribution is 2.21. The van der Waals surface area contributed by atoms with E-state index < -0.39 is 0 Å². The van der Waals surface area contributed by atoms with Gasteiger partial charge < -0.3 is 15.0 Å². The van der Waals surface area contributed by atoms with Crippen molar-refractivity contribution in [2.75, 3.05) is 46.7 Å². The molecule has 0 radical (unpaired) electrons. The third kappa shape index (κ3) is 6.14. The Balaban J connectivity index is 1.70. The number of para-hydroxylation sites is 1. The molecule has 0 aliphatic heterocycles. The first-order valence-electron chi connectivity index (χ1n) is 10.0. The number of anilines is 1. The summed E-state index contributed by atoms with van der Waals surface area (Å²) in [5.74, 6) is 2.62. The fourth-order valence-electron chi connectivity index (χ4n) is 3.27. The van der Waals surface area contributed by atoms with Crippen LogP contribution in [0.1, 0.15) is 17.8 Å². The summed E-state index contributed by atoms with van der Waals surface area (Å²) < 4.78 is 5.23. The van der Waals surface area contributed by atoms with E-state index in [1.165, 1.54) is 5.56 Å². The molecular formula is C23H31N5O. The molecule has 6 nitrogen and oxygen atoms in total. The maximum absolute atomic E-state index is 5.23. The molecule has 3 aromatic rings. The first-order valence-corrected chi connectivity index (χ1v) is 10.0. The highest BCUT2D eigenvalue weighted by Gasteiger charge is 2.10. The van der Waals surface area contributed by atoms with E-state index in [9.17, 15) is 0 Å². The largest absolute Gasteiger partial charge is 0.497 e. The predicted molar refractivity (Wildman–Crippen MR) is 119 cm³/mol. The van der Waals surface area contributed by atoms with Crippen molar-refractivity contribution in [2.45, 2.75) is 19.5 Å². The molecule has 0 fully saturated rings. The minimum Gasteiger partial charge on any atom is -0.497 e. The molecule has 0 aliphatic carbocycles. The summed E-state index contributed by atoms with van der Waals surface area (Å²) in [5.41, 5.74) is 2.21. The average Bonchev–Trinajstić information content (AvgIpc) is 2.71. The zero-order valence-corrected chi connectivity index (χ0v) is 17.9. The Morgan fingerprint density at radius 2 is 1.69 bits per heavy atom. The standard InChI is InChI=1S/C23H31N5O/c1-27(2)15-7-14-24-23-20-8-5-6-9-21(20)25-22(26-23)17-28(3)16-18-10-12-19(29-4)13-11-18/h5-6,8-13H,7,14-17H2,1-4H3,(H,24,25,26). The summed E-state index contributed by atoms with van der Waals surface area (Å²) in [6.45, 7) is 3.45. The molecule has 0 bridgehead atoms. The van der Waals surface area contributed by atoms with Crippen molar-refractivity contribution in [2.24, 2.45) is 0 Å². The molecule has 0 saturated heterocycles. The van der Waals surface area contributed by atoms with Crippen LogP contribution in [0.3, 0.4) is 0 Å². The Bertz CT molecular complexity index is 911. The minimum absolute atomic E-state index is 0.684. The number of nitrogens with one attached hydrogen (secondary N) is 1. The Labute approximate surface area is 173 Å². The molecule has 2 aromatic carbocycles. The Kier molecular flexibility index (Phi) is 7.38. The lowest BCUT2D eigenvalue weighted by atomic mass is 10.2. The van der Waals surface area contributed by atoms with Crippen LogP contribution in [0.2, 0.25) is 0 Å². The van der Waals surface area contributed by atoms with E-state index in [0.717, 1.165) is 54.3 Å². The van der Waals surface area contributed by atoms with Crippen molar-refractivity contribution < 1.29 is 4.74 Å². The first-order chi connectivity index (χ1) is 14.0. The van der Waals surface area contributed by atoms with Gasteiger partial charge in [0.15, 0.2) is 0 Å². The molecule has 3 rings (SSSR count). The molecule has 1 heterocycles. The number of rotatable bonds is 10. The van der Waals surface area contributed by atoms with E-state index in [2.05, 4.69) is 60.5 Å². The van der Waals surface area contributed by atoms with Crippen LogP contribution in [-0.2, 0) is 13.1 Å². The van der Waals surface area contributed by atoms with Gasteiger partial charge in [0, 0.05) is 18.5 Å². The number of hydrogen-bond acceptors (Lipinski definition) is 6. The van der Waals surface area contributed by atoms with Crippen LogP contribution < -0.4 is 10.1 Å². The fourth-order valence-corrected chi connectivity index (χ4v) is 3.27. The zero-order valence-electron chi connectivity index (χ0n) is 17.9. The number of aromatic nitrogens is 2. The highest BCUT2D eigenvalue weighted by molar-refractivity contribution is 5.88. The summed E-state index contributed by atoms with van der Waals surface area (Å²) in [7, 11) is 7.96. The van der Waals surface area contributed by atoms with Gasteiger partial charge in [-0.25, -0.2) is 9.97 Å².